The highest BCUT2D eigenvalue weighted by atomic mass is 16.6. The SMILES string of the molecule is Nc1ncnn2c(-c3nnnn3[C@H](OCc3ccccc3)[C@H](OCc3ccccc3)[C@H](O)COCc3ccccc3)ccc12. The number of fused-ring (bicyclic) bond motifs is 1. The topological polar surface area (TPSA) is 148 Å². The minimum Gasteiger partial charge on any atom is -0.388 e. The highest BCUT2D eigenvalue weighted by Gasteiger charge is 2.35. The van der Waals surface area contributed by atoms with E-state index in [9.17, 15) is 5.11 Å². The van der Waals surface area contributed by atoms with Crippen LogP contribution in [0.15, 0.2) is 109 Å². The fraction of sp³-hybridized carbons (Fsp3) is 0.219. The van der Waals surface area contributed by atoms with Gasteiger partial charge in [0, 0.05) is 0 Å². The van der Waals surface area contributed by atoms with Crippen LogP contribution in [0.25, 0.3) is 17.0 Å². The summed E-state index contributed by atoms with van der Waals surface area (Å²) in [5, 5.41) is 28.5. The molecule has 0 bridgehead atoms. The van der Waals surface area contributed by atoms with Crippen LogP contribution in [-0.2, 0) is 34.0 Å². The summed E-state index contributed by atoms with van der Waals surface area (Å²) < 4.78 is 22.0. The molecule has 0 fully saturated rings. The van der Waals surface area contributed by atoms with E-state index in [1.54, 1.807) is 16.6 Å². The fourth-order valence-corrected chi connectivity index (χ4v) is 4.83. The summed E-state index contributed by atoms with van der Waals surface area (Å²) in [6.07, 6.45) is -1.66. The lowest BCUT2D eigenvalue weighted by atomic mass is 10.1. The van der Waals surface area contributed by atoms with Crippen molar-refractivity contribution >= 4 is 11.3 Å². The van der Waals surface area contributed by atoms with Crippen LogP contribution < -0.4 is 5.73 Å². The molecular formula is C32H32N8O4. The molecule has 3 heterocycles. The number of nitrogens with zero attached hydrogens (tertiary/aromatic N) is 7. The molecule has 6 aromatic rings. The number of hydrogen-bond acceptors (Lipinski definition) is 10. The molecule has 12 nitrogen and oxygen atoms in total. The predicted octanol–water partition coefficient (Wildman–Crippen LogP) is 3.84. The minimum atomic E-state index is -1.11. The van der Waals surface area contributed by atoms with Crippen LogP contribution in [0.1, 0.15) is 22.9 Å². The zero-order valence-corrected chi connectivity index (χ0v) is 23.8. The lowest BCUT2D eigenvalue weighted by Crippen LogP contribution is -2.42. The average molecular weight is 593 g/mol. The normalized spacial score (nSPS) is 13.6. The number of aliphatic hydroxyl groups excluding tert-OH is 1. The molecule has 3 N–H and O–H groups in total. The van der Waals surface area contributed by atoms with Crippen molar-refractivity contribution in [2.45, 2.75) is 38.3 Å². The van der Waals surface area contributed by atoms with Gasteiger partial charge in [-0.2, -0.15) is 9.78 Å². The summed E-state index contributed by atoms with van der Waals surface area (Å²) in [6, 6.07) is 32.8. The Bertz CT molecular complexity index is 1750. The van der Waals surface area contributed by atoms with Gasteiger partial charge in [-0.3, -0.25) is 0 Å². The largest absolute Gasteiger partial charge is 0.388 e. The monoisotopic (exact) mass is 592 g/mol. The van der Waals surface area contributed by atoms with Gasteiger partial charge < -0.3 is 25.1 Å². The molecule has 0 spiro atoms. The van der Waals surface area contributed by atoms with Crippen LogP contribution in [0.5, 0.6) is 0 Å². The Balaban J connectivity index is 1.34. The maximum atomic E-state index is 11.6. The van der Waals surface area contributed by atoms with Gasteiger partial charge >= 0.3 is 0 Å². The van der Waals surface area contributed by atoms with Crippen molar-refractivity contribution in [2.75, 3.05) is 12.3 Å². The van der Waals surface area contributed by atoms with E-state index in [4.69, 9.17) is 19.9 Å². The van der Waals surface area contributed by atoms with Crippen LogP contribution in [0.3, 0.4) is 0 Å². The number of nitrogens with two attached hydrogens (primary N) is 1. The van der Waals surface area contributed by atoms with Crippen LogP contribution in [0, 0.1) is 0 Å². The molecule has 6 rings (SSSR count). The van der Waals surface area contributed by atoms with Gasteiger partial charge in [-0.15, -0.1) is 5.10 Å². The second-order valence-electron chi connectivity index (χ2n) is 10.1. The molecule has 0 saturated carbocycles. The second kappa shape index (κ2) is 14.0. The molecule has 0 aliphatic rings. The fourth-order valence-electron chi connectivity index (χ4n) is 4.83. The molecule has 0 amide bonds. The number of nitrogen functional groups attached to an aromatic ring is 1. The van der Waals surface area contributed by atoms with E-state index >= 15 is 0 Å². The van der Waals surface area contributed by atoms with Crippen LogP contribution in [0.2, 0.25) is 0 Å². The van der Waals surface area contributed by atoms with Crippen molar-refractivity contribution in [2.24, 2.45) is 0 Å². The number of ether oxygens (including phenoxy) is 3. The van der Waals surface area contributed by atoms with E-state index in [1.807, 2.05) is 91.0 Å². The Morgan fingerprint density at radius 2 is 1.36 bits per heavy atom. The summed E-state index contributed by atoms with van der Waals surface area (Å²) in [5.41, 5.74) is 10.1. The van der Waals surface area contributed by atoms with Gasteiger partial charge in [0.15, 0.2) is 12.0 Å². The maximum Gasteiger partial charge on any atom is 0.203 e. The smallest absolute Gasteiger partial charge is 0.203 e. The van der Waals surface area contributed by atoms with Gasteiger partial charge in [0.05, 0.1) is 26.4 Å². The lowest BCUT2D eigenvalue weighted by molar-refractivity contribution is -0.176. The van der Waals surface area contributed by atoms with E-state index in [-0.39, 0.29) is 19.8 Å². The Labute approximate surface area is 253 Å². The van der Waals surface area contributed by atoms with Gasteiger partial charge in [-0.05, 0) is 39.2 Å². The quantitative estimate of drug-likeness (QED) is 0.191. The van der Waals surface area contributed by atoms with Gasteiger partial charge in [0.25, 0.3) is 0 Å². The molecule has 0 radical (unpaired) electrons. The molecule has 0 aliphatic carbocycles. The first-order chi connectivity index (χ1) is 21.7. The third kappa shape index (κ3) is 6.79. The zero-order valence-electron chi connectivity index (χ0n) is 23.8. The maximum absolute atomic E-state index is 11.6. The third-order valence-electron chi connectivity index (χ3n) is 7.05. The first-order valence-corrected chi connectivity index (χ1v) is 14.1. The molecule has 0 unspecified atom stereocenters. The first-order valence-electron chi connectivity index (χ1n) is 14.1. The van der Waals surface area contributed by atoms with Crippen molar-refractivity contribution in [3.05, 3.63) is 126 Å². The van der Waals surface area contributed by atoms with E-state index in [0.717, 1.165) is 16.7 Å². The Hall–Kier alpha value is -5.01. The van der Waals surface area contributed by atoms with Crippen molar-refractivity contribution in [1.82, 2.24) is 34.8 Å². The summed E-state index contributed by atoms with van der Waals surface area (Å²) in [7, 11) is 0. The molecule has 12 heteroatoms. The predicted molar refractivity (Wildman–Crippen MR) is 162 cm³/mol. The summed E-state index contributed by atoms with van der Waals surface area (Å²) in [5.74, 6) is 0.657. The Morgan fingerprint density at radius 1 is 0.750 bits per heavy atom. The molecule has 44 heavy (non-hydrogen) atoms. The summed E-state index contributed by atoms with van der Waals surface area (Å²) in [6.45, 7) is 0.723. The number of aliphatic hydroxyl groups is 1. The molecule has 0 saturated heterocycles. The molecule has 224 valence electrons. The van der Waals surface area contributed by atoms with Crippen LogP contribution in [-0.4, -0.2) is 58.7 Å². The highest BCUT2D eigenvalue weighted by Crippen LogP contribution is 2.29. The molecule has 3 aromatic carbocycles. The first kappa shape index (κ1) is 29.1. The molecule has 3 atom stereocenters. The number of anilines is 1. The highest BCUT2D eigenvalue weighted by molar-refractivity contribution is 5.70. The molecule has 3 aromatic heterocycles. The minimum absolute atomic E-state index is 0.0190. The van der Waals surface area contributed by atoms with Crippen molar-refractivity contribution in [1.29, 1.82) is 0 Å². The van der Waals surface area contributed by atoms with E-state index in [1.165, 1.54) is 11.0 Å². The summed E-state index contributed by atoms with van der Waals surface area (Å²) >= 11 is 0. The number of hydrogen-bond donors (Lipinski definition) is 2. The van der Waals surface area contributed by atoms with Crippen molar-refractivity contribution in [3.63, 3.8) is 0 Å². The Kier molecular flexibility index (Phi) is 9.24. The van der Waals surface area contributed by atoms with E-state index in [2.05, 4.69) is 25.6 Å². The van der Waals surface area contributed by atoms with Crippen LogP contribution in [0.4, 0.5) is 5.82 Å². The standard InChI is InChI=1S/C32H32N8O4/c33-30-26-16-17-27(39(26)35-22-34-30)31-36-37-38-40(31)32(44-20-25-14-8-3-9-15-25)29(43-19-24-12-6-2-7-13-24)28(41)21-42-18-23-10-4-1-5-11-23/h1-17,22,28-29,32,41H,18-21H2,(H2,33,34,35)/t28-,29-,32-/m1/s1. The molecular weight excluding hydrogens is 560 g/mol. The van der Waals surface area contributed by atoms with Crippen molar-refractivity contribution in [3.8, 4) is 11.5 Å². The van der Waals surface area contributed by atoms with Gasteiger partial charge in [-0.1, -0.05) is 91.0 Å². The summed E-state index contributed by atoms with van der Waals surface area (Å²) in [4.78, 5) is 4.07. The van der Waals surface area contributed by atoms with Gasteiger partial charge in [0.2, 0.25) is 5.82 Å². The number of tetrazole rings is 1. The van der Waals surface area contributed by atoms with Gasteiger partial charge in [-0.25, -0.2) is 9.50 Å². The van der Waals surface area contributed by atoms with E-state index in [0.29, 0.717) is 29.5 Å². The second-order valence-corrected chi connectivity index (χ2v) is 10.1. The number of aromatic nitrogens is 7. The lowest BCUT2D eigenvalue weighted by Gasteiger charge is -2.31. The molecule has 0 aliphatic heterocycles. The van der Waals surface area contributed by atoms with Crippen LogP contribution >= 0.6 is 0 Å². The third-order valence-corrected chi connectivity index (χ3v) is 7.05. The average Bonchev–Trinajstić information content (AvgIpc) is 3.72. The van der Waals surface area contributed by atoms with Crippen molar-refractivity contribution < 1.29 is 19.3 Å². The van der Waals surface area contributed by atoms with Gasteiger partial charge in [0.1, 0.15) is 29.7 Å². The van der Waals surface area contributed by atoms with E-state index < -0.39 is 18.4 Å². The number of rotatable bonds is 14. The zero-order chi connectivity index (χ0) is 30.1. The number of benzene rings is 3. The Morgan fingerprint density at radius 3 is 2.02 bits per heavy atom.